The Morgan fingerprint density at radius 3 is 2.50 bits per heavy atom. The summed E-state index contributed by atoms with van der Waals surface area (Å²) < 4.78 is 11.2. The lowest BCUT2D eigenvalue weighted by Crippen LogP contribution is -2.48. The molecule has 1 amide bonds. The topological polar surface area (TPSA) is 64.8 Å². The average Bonchev–Trinajstić information content (AvgIpc) is 2.57. The molecule has 136 valence electrons. The largest absolute Gasteiger partial charge is 0.351 e. The molecular weight excluding hydrogens is 324 g/mol. The molecule has 1 aromatic carbocycles. The number of carbonyl (C=O) groups is 1. The van der Waals surface area contributed by atoms with Gasteiger partial charge in [0.15, 0.2) is 6.29 Å². The Balaban J connectivity index is 2.99. The summed E-state index contributed by atoms with van der Waals surface area (Å²) in [5.41, 5.74) is 8.03. The molecule has 0 unspecified atom stereocenters. The zero-order valence-electron chi connectivity index (χ0n) is 15.2. The predicted octanol–water partition coefficient (Wildman–Crippen LogP) is 2.81. The van der Waals surface area contributed by atoms with Gasteiger partial charge >= 0.3 is 0 Å². The van der Waals surface area contributed by atoms with E-state index < -0.39 is 12.3 Å². The number of thioether (sulfide) groups is 1. The molecule has 0 spiro atoms. The molecule has 1 rings (SSSR count). The van der Waals surface area contributed by atoms with Crippen LogP contribution in [0.25, 0.3) is 0 Å². The molecular formula is C18H30N2O3S. The van der Waals surface area contributed by atoms with Gasteiger partial charge in [-0.15, -0.1) is 0 Å². The standard InChI is InChI=1S/C18H30N2O3S/c1-5-22-17(23-6-2)13-20(15-9-7-8-14(3)12-15)18(21)16(19)10-11-24-4/h7-9,12,16-17H,5-6,10-11,13,19H2,1-4H3/t16-/m0/s1. The van der Waals surface area contributed by atoms with Gasteiger partial charge in [0, 0.05) is 18.9 Å². The van der Waals surface area contributed by atoms with Gasteiger partial charge in [-0.1, -0.05) is 12.1 Å². The number of aryl methyl sites for hydroxylation is 1. The van der Waals surface area contributed by atoms with Gasteiger partial charge < -0.3 is 20.1 Å². The van der Waals surface area contributed by atoms with Gasteiger partial charge in [-0.3, -0.25) is 4.79 Å². The van der Waals surface area contributed by atoms with E-state index >= 15 is 0 Å². The van der Waals surface area contributed by atoms with Crippen molar-refractivity contribution in [3.8, 4) is 0 Å². The zero-order valence-corrected chi connectivity index (χ0v) is 16.0. The SMILES string of the molecule is CCOC(CN(C(=O)[C@@H](N)CCSC)c1cccc(C)c1)OCC. The summed E-state index contributed by atoms with van der Waals surface area (Å²) in [4.78, 5) is 14.6. The minimum Gasteiger partial charge on any atom is -0.351 e. The van der Waals surface area contributed by atoms with Crippen LogP contribution in [-0.4, -0.2) is 50.0 Å². The summed E-state index contributed by atoms with van der Waals surface area (Å²) in [5.74, 6) is 0.758. The van der Waals surface area contributed by atoms with E-state index in [0.717, 1.165) is 17.0 Å². The van der Waals surface area contributed by atoms with E-state index in [9.17, 15) is 4.79 Å². The highest BCUT2D eigenvalue weighted by molar-refractivity contribution is 7.98. The second-order valence-electron chi connectivity index (χ2n) is 5.52. The number of ether oxygens (including phenoxy) is 2. The molecule has 0 radical (unpaired) electrons. The van der Waals surface area contributed by atoms with Crippen molar-refractivity contribution in [2.45, 2.75) is 39.5 Å². The molecule has 0 aliphatic rings. The van der Waals surface area contributed by atoms with Crippen LogP contribution in [0.5, 0.6) is 0 Å². The number of nitrogens with two attached hydrogens (primary N) is 1. The summed E-state index contributed by atoms with van der Waals surface area (Å²) in [6.45, 7) is 7.21. The summed E-state index contributed by atoms with van der Waals surface area (Å²) in [6, 6.07) is 7.31. The van der Waals surface area contributed by atoms with E-state index in [1.54, 1.807) is 16.7 Å². The van der Waals surface area contributed by atoms with E-state index in [1.165, 1.54) is 0 Å². The second-order valence-corrected chi connectivity index (χ2v) is 6.50. The number of carbonyl (C=O) groups excluding carboxylic acids is 1. The number of rotatable bonds is 11. The molecule has 24 heavy (non-hydrogen) atoms. The molecule has 1 atom stereocenters. The van der Waals surface area contributed by atoms with Crippen LogP contribution in [0, 0.1) is 6.92 Å². The Labute approximate surface area is 149 Å². The minimum atomic E-state index is -0.526. The van der Waals surface area contributed by atoms with Crippen molar-refractivity contribution in [3.05, 3.63) is 29.8 Å². The molecule has 0 heterocycles. The van der Waals surface area contributed by atoms with Crippen molar-refractivity contribution in [3.63, 3.8) is 0 Å². The number of anilines is 1. The van der Waals surface area contributed by atoms with Crippen LogP contribution in [0.4, 0.5) is 5.69 Å². The number of benzene rings is 1. The van der Waals surface area contributed by atoms with Crippen LogP contribution in [-0.2, 0) is 14.3 Å². The van der Waals surface area contributed by atoms with Gasteiger partial charge in [0.2, 0.25) is 5.91 Å². The average molecular weight is 355 g/mol. The van der Waals surface area contributed by atoms with Crippen molar-refractivity contribution < 1.29 is 14.3 Å². The smallest absolute Gasteiger partial charge is 0.244 e. The summed E-state index contributed by atoms with van der Waals surface area (Å²) in [5, 5.41) is 0. The van der Waals surface area contributed by atoms with Crippen molar-refractivity contribution >= 4 is 23.4 Å². The molecule has 0 saturated carbocycles. The molecule has 0 saturated heterocycles. The van der Waals surface area contributed by atoms with Crippen LogP contribution in [0.1, 0.15) is 25.8 Å². The fourth-order valence-corrected chi connectivity index (χ4v) is 2.85. The molecule has 5 nitrogen and oxygen atoms in total. The molecule has 2 N–H and O–H groups in total. The predicted molar refractivity (Wildman–Crippen MR) is 102 cm³/mol. The van der Waals surface area contributed by atoms with E-state index in [4.69, 9.17) is 15.2 Å². The van der Waals surface area contributed by atoms with Gasteiger partial charge in [0.1, 0.15) is 0 Å². The number of nitrogens with zero attached hydrogens (tertiary/aromatic N) is 1. The maximum absolute atomic E-state index is 12.9. The molecule has 0 aliphatic heterocycles. The lowest BCUT2D eigenvalue weighted by molar-refractivity contribution is -0.136. The number of hydrogen-bond donors (Lipinski definition) is 1. The maximum atomic E-state index is 12.9. The van der Waals surface area contributed by atoms with Gasteiger partial charge in [-0.25, -0.2) is 0 Å². The lowest BCUT2D eigenvalue weighted by atomic mass is 10.1. The van der Waals surface area contributed by atoms with Crippen LogP contribution in [0.15, 0.2) is 24.3 Å². The zero-order chi connectivity index (χ0) is 17.9. The maximum Gasteiger partial charge on any atom is 0.244 e. The fourth-order valence-electron chi connectivity index (χ4n) is 2.36. The number of amides is 1. The van der Waals surface area contributed by atoms with Gasteiger partial charge in [0.25, 0.3) is 0 Å². The summed E-state index contributed by atoms with van der Waals surface area (Å²) >= 11 is 1.69. The van der Waals surface area contributed by atoms with Crippen LogP contribution in [0.3, 0.4) is 0 Å². The van der Waals surface area contributed by atoms with Crippen molar-refractivity contribution in [2.24, 2.45) is 5.73 Å². The molecule has 0 aromatic heterocycles. The quantitative estimate of drug-likeness (QED) is 0.619. The van der Waals surface area contributed by atoms with Crippen LogP contribution < -0.4 is 10.6 Å². The van der Waals surface area contributed by atoms with E-state index in [2.05, 4.69) is 0 Å². The Hall–Kier alpha value is -1.08. The minimum absolute atomic E-state index is 0.0981. The Morgan fingerprint density at radius 2 is 1.96 bits per heavy atom. The first-order valence-electron chi connectivity index (χ1n) is 8.39. The first-order valence-corrected chi connectivity index (χ1v) is 9.78. The molecule has 0 fully saturated rings. The molecule has 0 bridgehead atoms. The molecule has 1 aromatic rings. The third kappa shape index (κ3) is 6.81. The van der Waals surface area contributed by atoms with Crippen molar-refractivity contribution in [1.29, 1.82) is 0 Å². The van der Waals surface area contributed by atoms with Crippen LogP contribution in [0.2, 0.25) is 0 Å². The Kier molecular flexibility index (Phi) is 10.0. The third-order valence-electron chi connectivity index (χ3n) is 3.57. The van der Waals surface area contributed by atoms with Crippen LogP contribution >= 0.6 is 11.8 Å². The monoisotopic (exact) mass is 354 g/mol. The highest BCUT2D eigenvalue weighted by atomic mass is 32.2. The lowest BCUT2D eigenvalue weighted by Gasteiger charge is -2.29. The van der Waals surface area contributed by atoms with Crippen molar-refractivity contribution in [1.82, 2.24) is 0 Å². The Morgan fingerprint density at radius 1 is 1.29 bits per heavy atom. The third-order valence-corrected chi connectivity index (χ3v) is 4.21. The fraction of sp³-hybridized carbons (Fsp3) is 0.611. The highest BCUT2D eigenvalue weighted by Crippen LogP contribution is 2.19. The van der Waals surface area contributed by atoms with Crippen molar-refractivity contribution in [2.75, 3.05) is 36.7 Å². The normalized spacial score (nSPS) is 12.4. The Bertz CT molecular complexity index is 493. The highest BCUT2D eigenvalue weighted by Gasteiger charge is 2.25. The number of hydrogen-bond acceptors (Lipinski definition) is 5. The molecule has 6 heteroatoms. The summed E-state index contributed by atoms with van der Waals surface area (Å²) in [7, 11) is 0. The van der Waals surface area contributed by atoms with E-state index in [1.807, 2.05) is 51.3 Å². The van der Waals surface area contributed by atoms with Gasteiger partial charge in [-0.05, 0) is 56.9 Å². The second kappa shape index (κ2) is 11.5. The van der Waals surface area contributed by atoms with E-state index in [-0.39, 0.29) is 5.91 Å². The van der Waals surface area contributed by atoms with E-state index in [0.29, 0.717) is 26.2 Å². The first kappa shape index (κ1) is 21.0. The van der Waals surface area contributed by atoms with Gasteiger partial charge in [-0.2, -0.15) is 11.8 Å². The molecule has 0 aliphatic carbocycles. The van der Waals surface area contributed by atoms with Gasteiger partial charge in [0.05, 0.1) is 12.6 Å². The first-order chi connectivity index (χ1) is 11.5. The summed E-state index contributed by atoms with van der Waals surface area (Å²) in [6.07, 6.45) is 2.20.